The van der Waals surface area contributed by atoms with Gasteiger partial charge in [0.15, 0.2) is 0 Å². The van der Waals surface area contributed by atoms with Crippen molar-refractivity contribution in [3.05, 3.63) is 12.2 Å². The van der Waals surface area contributed by atoms with Gasteiger partial charge in [0.2, 0.25) is 0 Å². The highest BCUT2D eigenvalue weighted by molar-refractivity contribution is 9.09. The molecule has 2 aliphatic rings. The quantitative estimate of drug-likeness (QED) is 0.795. The first-order valence-electron chi connectivity index (χ1n) is 7.09. The van der Waals surface area contributed by atoms with E-state index in [9.17, 15) is 0 Å². The summed E-state index contributed by atoms with van der Waals surface area (Å²) < 4.78 is 2.09. The van der Waals surface area contributed by atoms with E-state index >= 15 is 0 Å². The number of nitrogens with zero attached hydrogens (tertiary/aromatic N) is 3. The summed E-state index contributed by atoms with van der Waals surface area (Å²) in [5.74, 6) is 3.05. The van der Waals surface area contributed by atoms with Crippen molar-refractivity contribution in [2.45, 2.75) is 52.0 Å². The molecule has 1 aromatic heterocycles. The summed E-state index contributed by atoms with van der Waals surface area (Å²) in [5.41, 5.74) is 0.447. The first kappa shape index (κ1) is 12.6. The van der Waals surface area contributed by atoms with E-state index in [2.05, 4.69) is 44.5 Å². The minimum atomic E-state index is 0.411. The lowest BCUT2D eigenvalue weighted by Gasteiger charge is -2.36. The molecule has 0 spiro atoms. The number of rotatable bonds is 4. The van der Waals surface area contributed by atoms with Crippen LogP contribution in [0.4, 0.5) is 0 Å². The van der Waals surface area contributed by atoms with Gasteiger partial charge in [-0.1, -0.05) is 22.4 Å². The second-order valence-electron chi connectivity index (χ2n) is 6.47. The van der Waals surface area contributed by atoms with Crippen LogP contribution in [0, 0.1) is 17.3 Å². The predicted octanol–water partition coefficient (Wildman–Crippen LogP) is 3.60. The van der Waals surface area contributed by atoms with Gasteiger partial charge in [0, 0.05) is 17.8 Å². The summed E-state index contributed by atoms with van der Waals surface area (Å²) in [7, 11) is 0. The Balaban J connectivity index is 1.84. The third-order valence-electron chi connectivity index (χ3n) is 5.02. The lowest BCUT2D eigenvalue weighted by atomic mass is 9.72. The zero-order valence-electron chi connectivity index (χ0n) is 11.3. The van der Waals surface area contributed by atoms with Crippen LogP contribution < -0.4 is 0 Å². The zero-order valence-corrected chi connectivity index (χ0v) is 12.9. The van der Waals surface area contributed by atoms with Gasteiger partial charge in [-0.3, -0.25) is 0 Å². The fraction of sp³-hybridized carbons (Fsp3) is 0.857. The molecule has 3 atom stereocenters. The van der Waals surface area contributed by atoms with Crippen LogP contribution in [0.5, 0.6) is 0 Å². The average molecular weight is 312 g/mol. The van der Waals surface area contributed by atoms with Crippen LogP contribution in [0.1, 0.15) is 51.4 Å². The fourth-order valence-electron chi connectivity index (χ4n) is 4.13. The molecule has 2 saturated carbocycles. The number of alkyl halides is 1. The molecule has 3 rings (SSSR count). The topological polar surface area (TPSA) is 30.7 Å². The highest BCUT2D eigenvalue weighted by atomic mass is 79.9. The molecule has 100 valence electrons. The van der Waals surface area contributed by atoms with Crippen LogP contribution in [0.2, 0.25) is 0 Å². The molecule has 0 N–H and O–H groups in total. The van der Waals surface area contributed by atoms with Crippen LogP contribution in [0.25, 0.3) is 0 Å². The molecular weight excluding hydrogens is 290 g/mol. The Morgan fingerprint density at radius 2 is 2.33 bits per heavy atom. The predicted molar refractivity (Wildman–Crippen MR) is 75.8 cm³/mol. The number of halogens is 1. The number of hydrogen-bond acceptors (Lipinski definition) is 2. The normalized spacial score (nSPS) is 34.7. The van der Waals surface area contributed by atoms with Gasteiger partial charge < -0.3 is 0 Å². The van der Waals surface area contributed by atoms with Crippen LogP contribution in [-0.2, 0) is 6.42 Å². The molecule has 3 nitrogen and oxygen atoms in total. The number of hydrogen-bond donors (Lipinski definition) is 0. The molecule has 0 aromatic carbocycles. The van der Waals surface area contributed by atoms with Crippen LogP contribution in [0.15, 0.2) is 6.33 Å². The first-order valence-corrected chi connectivity index (χ1v) is 8.21. The van der Waals surface area contributed by atoms with Gasteiger partial charge in [0.1, 0.15) is 12.2 Å². The molecule has 0 aliphatic heterocycles. The second kappa shape index (κ2) is 4.62. The Labute approximate surface area is 117 Å². The van der Waals surface area contributed by atoms with Crippen molar-refractivity contribution in [2.75, 3.05) is 5.33 Å². The van der Waals surface area contributed by atoms with Gasteiger partial charge in [-0.05, 0) is 50.4 Å². The molecule has 0 radical (unpaired) electrons. The van der Waals surface area contributed by atoms with Gasteiger partial charge in [0.25, 0.3) is 0 Å². The molecule has 0 amide bonds. The minimum absolute atomic E-state index is 0.411. The van der Waals surface area contributed by atoms with E-state index in [0.29, 0.717) is 11.5 Å². The Hall–Kier alpha value is -0.380. The number of fused-ring (bicyclic) bond motifs is 2. The maximum atomic E-state index is 4.51. The molecule has 2 bridgehead atoms. The molecule has 2 aliphatic carbocycles. The van der Waals surface area contributed by atoms with Crippen molar-refractivity contribution in [1.82, 2.24) is 14.8 Å². The Morgan fingerprint density at radius 1 is 1.50 bits per heavy atom. The second-order valence-corrected chi connectivity index (χ2v) is 7.03. The van der Waals surface area contributed by atoms with Crippen molar-refractivity contribution < 1.29 is 0 Å². The summed E-state index contributed by atoms with van der Waals surface area (Å²) in [6.07, 6.45) is 8.51. The number of aromatic nitrogens is 3. The van der Waals surface area contributed by atoms with E-state index in [1.165, 1.54) is 31.5 Å². The van der Waals surface area contributed by atoms with Gasteiger partial charge in [0.05, 0.1) is 0 Å². The summed E-state index contributed by atoms with van der Waals surface area (Å²) in [6, 6.07) is 0.411. The van der Waals surface area contributed by atoms with E-state index in [1.807, 2.05) is 0 Å². The summed E-state index contributed by atoms with van der Waals surface area (Å²) in [4.78, 5) is 4.51. The Bertz CT molecular complexity index is 428. The van der Waals surface area contributed by atoms with E-state index in [0.717, 1.165) is 23.6 Å². The van der Waals surface area contributed by atoms with Crippen LogP contribution in [-0.4, -0.2) is 20.1 Å². The van der Waals surface area contributed by atoms with Crippen LogP contribution in [0.3, 0.4) is 0 Å². The lowest BCUT2D eigenvalue weighted by molar-refractivity contribution is 0.189. The van der Waals surface area contributed by atoms with Gasteiger partial charge in [-0.2, -0.15) is 5.10 Å². The van der Waals surface area contributed by atoms with Crippen molar-refractivity contribution in [2.24, 2.45) is 17.3 Å². The molecule has 1 heterocycles. The molecule has 3 unspecified atom stereocenters. The molecule has 18 heavy (non-hydrogen) atoms. The fourth-order valence-corrected chi connectivity index (χ4v) is 5.02. The molecule has 2 fully saturated rings. The molecule has 1 aromatic rings. The maximum Gasteiger partial charge on any atom is 0.138 e. The summed E-state index contributed by atoms with van der Waals surface area (Å²) in [6.45, 7) is 4.36. The smallest absolute Gasteiger partial charge is 0.138 e. The lowest BCUT2D eigenvalue weighted by Crippen LogP contribution is -2.33. The SMILES string of the molecule is CC(C)n1ncnc1CC1(CBr)CC2CCC1C2. The molecule has 0 saturated heterocycles. The Kier molecular flexibility index (Phi) is 3.25. The standard InChI is InChI=1S/C14H22BrN3/c1-10(2)18-13(16-9-17-18)7-14(8-15)6-11-3-4-12(14)5-11/h9-12H,3-8H2,1-2H3. The van der Waals surface area contributed by atoms with Crippen molar-refractivity contribution in [3.8, 4) is 0 Å². The largest absolute Gasteiger partial charge is 0.248 e. The maximum absolute atomic E-state index is 4.51. The summed E-state index contributed by atoms with van der Waals surface area (Å²) in [5, 5.41) is 5.49. The highest BCUT2D eigenvalue weighted by Crippen LogP contribution is 2.57. The minimum Gasteiger partial charge on any atom is -0.248 e. The van der Waals surface area contributed by atoms with E-state index < -0.39 is 0 Å². The van der Waals surface area contributed by atoms with E-state index in [4.69, 9.17) is 0 Å². The summed E-state index contributed by atoms with van der Waals surface area (Å²) >= 11 is 3.79. The zero-order chi connectivity index (χ0) is 12.8. The van der Waals surface area contributed by atoms with Gasteiger partial charge >= 0.3 is 0 Å². The monoisotopic (exact) mass is 311 g/mol. The van der Waals surface area contributed by atoms with E-state index in [-0.39, 0.29) is 0 Å². The van der Waals surface area contributed by atoms with Crippen molar-refractivity contribution >= 4 is 15.9 Å². The van der Waals surface area contributed by atoms with Crippen molar-refractivity contribution in [3.63, 3.8) is 0 Å². The Morgan fingerprint density at radius 3 is 2.89 bits per heavy atom. The third-order valence-corrected chi connectivity index (χ3v) is 6.13. The van der Waals surface area contributed by atoms with Gasteiger partial charge in [-0.25, -0.2) is 9.67 Å². The van der Waals surface area contributed by atoms with Crippen LogP contribution >= 0.6 is 15.9 Å². The molecular formula is C14H22BrN3. The van der Waals surface area contributed by atoms with Crippen molar-refractivity contribution in [1.29, 1.82) is 0 Å². The molecule has 4 heteroatoms. The third kappa shape index (κ3) is 1.93. The first-order chi connectivity index (χ1) is 8.64. The average Bonchev–Trinajstić information content (AvgIpc) is 3.03. The van der Waals surface area contributed by atoms with Gasteiger partial charge in [-0.15, -0.1) is 0 Å². The highest BCUT2D eigenvalue weighted by Gasteiger charge is 2.50. The van der Waals surface area contributed by atoms with E-state index in [1.54, 1.807) is 6.33 Å².